The summed E-state index contributed by atoms with van der Waals surface area (Å²) in [5, 5.41) is 6.78. The topological polar surface area (TPSA) is 77.0 Å². The van der Waals surface area contributed by atoms with Crippen molar-refractivity contribution in [2.24, 2.45) is 10.9 Å². The maximum absolute atomic E-state index is 12.5. The molecule has 0 aromatic carbocycles. The van der Waals surface area contributed by atoms with E-state index in [-0.39, 0.29) is 48.4 Å². The molecule has 0 spiro atoms. The van der Waals surface area contributed by atoms with E-state index in [4.69, 9.17) is 0 Å². The third-order valence-corrected chi connectivity index (χ3v) is 5.18. The number of hydrogen-bond donors (Lipinski definition) is 2. The van der Waals surface area contributed by atoms with E-state index in [1.54, 1.807) is 19.0 Å². The maximum atomic E-state index is 12.5. The smallest absolute Gasteiger partial charge is 0.243 e. The number of nitrogens with zero attached hydrogens (tertiary/aromatic N) is 3. The quantitative estimate of drug-likeness (QED) is 0.217. The number of likely N-dealkylation sites (tertiary alicyclic amines) is 1. The standard InChI is InChI=1S/C20H39N5O2.HI/c1-6-9-12-21-20(22-15-18(26)24(4)5)23-17-10-13-25(14-11-17)19(27)16(7-2)8-3;/h16-17H,6-15H2,1-5H3,(H2,21,22,23);1H. The van der Waals surface area contributed by atoms with Crippen LogP contribution in [0.25, 0.3) is 0 Å². The first-order valence-corrected chi connectivity index (χ1v) is 10.5. The predicted molar refractivity (Wildman–Crippen MR) is 126 cm³/mol. The Kier molecular flexibility index (Phi) is 14.3. The second kappa shape index (κ2) is 14.9. The molecule has 8 heteroatoms. The predicted octanol–water partition coefficient (Wildman–Crippen LogP) is 2.46. The highest BCUT2D eigenvalue weighted by molar-refractivity contribution is 14.0. The van der Waals surface area contributed by atoms with Crippen LogP contribution in [0.2, 0.25) is 0 Å². The molecule has 0 saturated carbocycles. The monoisotopic (exact) mass is 509 g/mol. The summed E-state index contributed by atoms with van der Waals surface area (Å²) in [7, 11) is 3.48. The largest absolute Gasteiger partial charge is 0.356 e. The third-order valence-electron chi connectivity index (χ3n) is 5.18. The number of unbranched alkanes of at least 4 members (excludes halogenated alkanes) is 1. The molecule has 0 unspecified atom stereocenters. The lowest BCUT2D eigenvalue weighted by molar-refractivity contribution is -0.136. The Bertz CT molecular complexity index is 487. The van der Waals surface area contributed by atoms with Crippen LogP contribution in [0.15, 0.2) is 4.99 Å². The van der Waals surface area contributed by atoms with Gasteiger partial charge in [-0.3, -0.25) is 9.59 Å². The Hall–Kier alpha value is -1.06. The Labute approximate surface area is 188 Å². The average Bonchev–Trinajstić information content (AvgIpc) is 2.67. The van der Waals surface area contributed by atoms with Crippen molar-refractivity contribution in [1.82, 2.24) is 20.4 Å². The number of amides is 2. The Balaban J connectivity index is 0.00000729. The Morgan fingerprint density at radius 1 is 1.14 bits per heavy atom. The number of piperidine rings is 1. The molecule has 1 heterocycles. The van der Waals surface area contributed by atoms with Crippen LogP contribution in [0, 0.1) is 5.92 Å². The molecule has 7 nitrogen and oxygen atoms in total. The minimum Gasteiger partial charge on any atom is -0.356 e. The summed E-state index contributed by atoms with van der Waals surface area (Å²) in [6.07, 6.45) is 5.79. The molecule has 0 bridgehead atoms. The summed E-state index contributed by atoms with van der Waals surface area (Å²) in [6.45, 7) is 8.86. The minimum absolute atomic E-state index is 0. The summed E-state index contributed by atoms with van der Waals surface area (Å²) >= 11 is 0. The van der Waals surface area contributed by atoms with Gasteiger partial charge in [-0.2, -0.15) is 0 Å². The molecule has 0 aromatic heterocycles. The van der Waals surface area contributed by atoms with E-state index in [1.165, 1.54) is 0 Å². The fourth-order valence-electron chi connectivity index (χ4n) is 3.16. The number of carbonyl (C=O) groups excluding carboxylic acids is 2. The summed E-state index contributed by atoms with van der Waals surface area (Å²) in [5.41, 5.74) is 0. The molecule has 1 aliphatic rings. The zero-order valence-corrected chi connectivity index (χ0v) is 20.6. The van der Waals surface area contributed by atoms with Gasteiger partial charge in [-0.05, 0) is 32.1 Å². The van der Waals surface area contributed by atoms with Gasteiger partial charge in [0.1, 0.15) is 6.54 Å². The highest BCUT2D eigenvalue weighted by Crippen LogP contribution is 2.17. The van der Waals surface area contributed by atoms with Gasteiger partial charge < -0.3 is 20.4 Å². The van der Waals surface area contributed by atoms with Crippen LogP contribution < -0.4 is 10.6 Å². The first kappa shape index (κ1) is 26.9. The van der Waals surface area contributed by atoms with Gasteiger partial charge in [-0.25, -0.2) is 4.99 Å². The second-order valence-corrected chi connectivity index (χ2v) is 7.49. The molecule has 2 amide bonds. The van der Waals surface area contributed by atoms with Crippen molar-refractivity contribution in [2.75, 3.05) is 40.3 Å². The van der Waals surface area contributed by atoms with Gasteiger partial charge in [0, 0.05) is 45.7 Å². The van der Waals surface area contributed by atoms with E-state index in [2.05, 4.69) is 36.4 Å². The van der Waals surface area contributed by atoms with E-state index < -0.39 is 0 Å². The molecule has 0 aliphatic carbocycles. The number of hydrogen-bond acceptors (Lipinski definition) is 3. The summed E-state index contributed by atoms with van der Waals surface area (Å²) in [5.74, 6) is 1.13. The van der Waals surface area contributed by atoms with E-state index in [9.17, 15) is 9.59 Å². The lowest BCUT2D eigenvalue weighted by atomic mass is 9.98. The highest BCUT2D eigenvalue weighted by Gasteiger charge is 2.26. The van der Waals surface area contributed by atoms with Crippen LogP contribution in [0.4, 0.5) is 0 Å². The lowest BCUT2D eigenvalue weighted by Crippen LogP contribution is -2.51. The van der Waals surface area contributed by atoms with Crippen molar-refractivity contribution in [3.63, 3.8) is 0 Å². The summed E-state index contributed by atoms with van der Waals surface area (Å²) in [4.78, 5) is 32.4. The van der Waals surface area contributed by atoms with Gasteiger partial charge in [0.05, 0.1) is 0 Å². The zero-order valence-electron chi connectivity index (χ0n) is 18.3. The van der Waals surface area contributed by atoms with Crippen LogP contribution in [0.5, 0.6) is 0 Å². The van der Waals surface area contributed by atoms with Crippen LogP contribution in [-0.4, -0.2) is 73.9 Å². The second-order valence-electron chi connectivity index (χ2n) is 7.49. The number of halogens is 1. The van der Waals surface area contributed by atoms with Crippen molar-refractivity contribution >= 4 is 41.8 Å². The number of aliphatic imine (C=N–C) groups is 1. The fourth-order valence-corrected chi connectivity index (χ4v) is 3.16. The van der Waals surface area contributed by atoms with E-state index in [1.807, 2.05) is 4.90 Å². The first-order chi connectivity index (χ1) is 12.9. The molecule has 0 radical (unpaired) electrons. The number of guanidine groups is 1. The molecule has 0 atom stereocenters. The number of carbonyl (C=O) groups is 2. The molecule has 1 saturated heterocycles. The van der Waals surface area contributed by atoms with Crippen LogP contribution >= 0.6 is 24.0 Å². The van der Waals surface area contributed by atoms with Crippen LogP contribution in [0.1, 0.15) is 59.3 Å². The molecule has 164 valence electrons. The van der Waals surface area contributed by atoms with E-state index >= 15 is 0 Å². The fraction of sp³-hybridized carbons (Fsp3) is 0.850. The lowest BCUT2D eigenvalue weighted by Gasteiger charge is -2.35. The molecular formula is C20H40IN5O2. The molecule has 0 aromatic rings. The van der Waals surface area contributed by atoms with Crippen LogP contribution in [0.3, 0.4) is 0 Å². The van der Waals surface area contributed by atoms with Gasteiger partial charge in [-0.1, -0.05) is 27.2 Å². The van der Waals surface area contributed by atoms with Crippen molar-refractivity contribution in [2.45, 2.75) is 65.3 Å². The van der Waals surface area contributed by atoms with Gasteiger partial charge in [0.25, 0.3) is 0 Å². The summed E-state index contributed by atoms with van der Waals surface area (Å²) in [6, 6.07) is 0.276. The molecule has 1 rings (SSSR count). The molecule has 2 N–H and O–H groups in total. The first-order valence-electron chi connectivity index (χ1n) is 10.5. The minimum atomic E-state index is -0.0165. The Morgan fingerprint density at radius 2 is 1.75 bits per heavy atom. The van der Waals surface area contributed by atoms with E-state index in [0.29, 0.717) is 11.9 Å². The van der Waals surface area contributed by atoms with Crippen molar-refractivity contribution in [3.05, 3.63) is 0 Å². The van der Waals surface area contributed by atoms with Crippen molar-refractivity contribution in [3.8, 4) is 0 Å². The molecule has 1 fully saturated rings. The van der Waals surface area contributed by atoms with Crippen LogP contribution in [-0.2, 0) is 9.59 Å². The van der Waals surface area contributed by atoms with Crippen molar-refractivity contribution < 1.29 is 9.59 Å². The highest BCUT2D eigenvalue weighted by atomic mass is 127. The number of rotatable bonds is 9. The van der Waals surface area contributed by atoms with Gasteiger partial charge in [0.2, 0.25) is 11.8 Å². The maximum Gasteiger partial charge on any atom is 0.243 e. The SMILES string of the molecule is CCCCNC(=NCC(=O)N(C)C)NC1CCN(C(=O)C(CC)CC)CC1.I. The summed E-state index contributed by atoms with van der Waals surface area (Å²) < 4.78 is 0. The molecular weight excluding hydrogens is 469 g/mol. The number of likely N-dealkylation sites (N-methyl/N-ethyl adjacent to an activating group) is 1. The van der Waals surface area contributed by atoms with Gasteiger partial charge in [-0.15, -0.1) is 24.0 Å². The third kappa shape index (κ3) is 9.43. The Morgan fingerprint density at radius 3 is 2.25 bits per heavy atom. The number of nitrogens with one attached hydrogen (secondary N) is 2. The van der Waals surface area contributed by atoms with Gasteiger partial charge >= 0.3 is 0 Å². The average molecular weight is 509 g/mol. The molecule has 28 heavy (non-hydrogen) atoms. The van der Waals surface area contributed by atoms with E-state index in [0.717, 1.165) is 58.2 Å². The van der Waals surface area contributed by atoms with Gasteiger partial charge in [0.15, 0.2) is 5.96 Å². The van der Waals surface area contributed by atoms with Crippen molar-refractivity contribution in [1.29, 1.82) is 0 Å². The molecule has 1 aliphatic heterocycles. The zero-order chi connectivity index (χ0) is 20.2. The normalized spacial score (nSPS) is 15.2.